The number of rotatable bonds is 5. The van der Waals surface area contributed by atoms with Gasteiger partial charge in [0, 0.05) is 16.6 Å². The van der Waals surface area contributed by atoms with Gasteiger partial charge in [0.25, 0.3) is 11.8 Å². The number of nitrogens with zero attached hydrogens (tertiary/aromatic N) is 1. The molecule has 1 saturated heterocycles. The summed E-state index contributed by atoms with van der Waals surface area (Å²) in [7, 11) is -9.23. The minimum atomic E-state index is -4.87. The highest BCUT2D eigenvalue weighted by molar-refractivity contribution is 9.10. The Morgan fingerprint density at radius 2 is 1.96 bits per heavy atom. The molecule has 0 bridgehead atoms. The van der Waals surface area contributed by atoms with Crippen molar-refractivity contribution in [3.63, 3.8) is 0 Å². The average molecular weight is 455 g/mol. The molecule has 0 spiro atoms. The molecule has 1 unspecified atom stereocenters. The van der Waals surface area contributed by atoms with Gasteiger partial charge in [-0.05, 0) is 37.1 Å². The Bertz CT molecular complexity index is 831. The fourth-order valence-electron chi connectivity index (χ4n) is 2.35. The topological polar surface area (TPSA) is 159 Å². The summed E-state index contributed by atoms with van der Waals surface area (Å²) in [5, 5.41) is 2.51. The summed E-state index contributed by atoms with van der Waals surface area (Å²) in [6.45, 7) is -0.0697. The zero-order chi connectivity index (χ0) is 18.8. The molecular weight excluding hydrogens is 439 g/mol. The number of nitrogens with two attached hydrogens (primary N) is 1. The van der Waals surface area contributed by atoms with Crippen LogP contribution in [0.1, 0.15) is 23.2 Å². The number of hydrogen-bond acceptors (Lipinski definition) is 5. The fraction of sp³-hybridized carbons (Fsp3) is 0.333. The monoisotopic (exact) mass is 454 g/mol. The highest BCUT2D eigenvalue weighted by Crippen LogP contribution is 2.40. The lowest BCUT2D eigenvalue weighted by atomic mass is 10.1. The summed E-state index contributed by atoms with van der Waals surface area (Å²) >= 11 is 3.24. The van der Waals surface area contributed by atoms with E-state index in [1.807, 2.05) is 0 Å². The van der Waals surface area contributed by atoms with Crippen LogP contribution in [0.2, 0.25) is 0 Å². The number of carbonyl (C=O) groups excluding carboxylic acids is 2. The van der Waals surface area contributed by atoms with Crippen LogP contribution in [0.5, 0.6) is 0 Å². The first-order valence-corrected chi connectivity index (χ1v) is 11.0. The smallest absolute Gasteiger partial charge is 0.340 e. The van der Waals surface area contributed by atoms with Crippen LogP contribution in [0.4, 0.5) is 0 Å². The molecule has 0 saturated carbocycles. The van der Waals surface area contributed by atoms with Gasteiger partial charge in [0.1, 0.15) is 6.04 Å². The molecule has 0 aromatic heterocycles. The minimum absolute atomic E-state index is 0.0697. The van der Waals surface area contributed by atoms with E-state index in [0.717, 1.165) is 4.47 Å². The van der Waals surface area contributed by atoms with Gasteiger partial charge < -0.3 is 5.32 Å². The normalized spacial score (nSPS) is 20.8. The summed E-state index contributed by atoms with van der Waals surface area (Å²) in [6, 6.07) is 5.42. The molecule has 0 aliphatic carbocycles. The van der Waals surface area contributed by atoms with Gasteiger partial charge >= 0.3 is 17.9 Å². The first kappa shape index (κ1) is 20.0. The van der Waals surface area contributed by atoms with E-state index in [2.05, 4.69) is 21.2 Å². The first-order valence-electron chi connectivity index (χ1n) is 7.03. The summed E-state index contributed by atoms with van der Waals surface area (Å²) in [4.78, 5) is 24.6. The molecule has 0 radical (unpaired) electrons. The number of hydrogen-bond donors (Lipinski definition) is 4. The Balaban J connectivity index is 2.12. The van der Waals surface area contributed by atoms with Gasteiger partial charge in [-0.15, -0.1) is 4.49 Å². The molecule has 1 heterocycles. The molecule has 1 aliphatic heterocycles. The number of carbonyl (C=O) groups is 2. The van der Waals surface area contributed by atoms with Crippen LogP contribution >= 0.6 is 23.5 Å². The lowest BCUT2D eigenvalue weighted by Gasteiger charge is -2.35. The van der Waals surface area contributed by atoms with Gasteiger partial charge in [0.15, 0.2) is 0 Å². The Labute approximate surface area is 152 Å². The molecule has 2 rings (SSSR count). The minimum Gasteiger partial charge on any atom is -0.340 e. The molecule has 1 aliphatic rings. The van der Waals surface area contributed by atoms with Crippen LogP contribution in [0, 0.1) is 0 Å². The second-order valence-corrected chi connectivity index (χ2v) is 9.65. The van der Waals surface area contributed by atoms with E-state index >= 15 is 0 Å². The van der Waals surface area contributed by atoms with E-state index in [4.69, 9.17) is 10.1 Å². The number of amides is 2. The second kappa shape index (κ2) is 7.52. The van der Waals surface area contributed by atoms with Gasteiger partial charge in [-0.25, -0.2) is 0 Å². The SMILES string of the molecule is NP(=O)(NS(=O)(=O)O)N1CCC[C@H](NC(=O)c2ccc(Br)cc2)C1=O. The quantitative estimate of drug-likeness (QED) is 0.374. The maximum atomic E-state index is 12.4. The highest BCUT2D eigenvalue weighted by atomic mass is 79.9. The van der Waals surface area contributed by atoms with Gasteiger partial charge in [-0.3, -0.25) is 28.9 Å². The Morgan fingerprint density at radius 3 is 2.52 bits per heavy atom. The molecule has 13 heteroatoms. The van der Waals surface area contributed by atoms with E-state index in [0.29, 0.717) is 16.7 Å². The van der Waals surface area contributed by atoms with E-state index in [1.54, 1.807) is 24.3 Å². The van der Waals surface area contributed by atoms with Crippen molar-refractivity contribution >= 4 is 45.6 Å². The lowest BCUT2D eigenvalue weighted by molar-refractivity contribution is -0.130. The maximum Gasteiger partial charge on any atom is 0.341 e. The average Bonchev–Trinajstić information content (AvgIpc) is 2.47. The van der Waals surface area contributed by atoms with Crippen LogP contribution in [0.15, 0.2) is 28.7 Å². The summed E-state index contributed by atoms with van der Waals surface area (Å²) in [6.07, 6.45) is 0.620. The number of piperidine rings is 1. The van der Waals surface area contributed by atoms with Crippen LogP contribution in [-0.4, -0.2) is 42.0 Å². The van der Waals surface area contributed by atoms with Crippen molar-refractivity contribution in [2.45, 2.75) is 18.9 Å². The van der Waals surface area contributed by atoms with Crippen molar-refractivity contribution in [1.82, 2.24) is 14.5 Å². The van der Waals surface area contributed by atoms with E-state index in [9.17, 15) is 22.6 Å². The van der Waals surface area contributed by atoms with Crippen molar-refractivity contribution in [3.8, 4) is 0 Å². The molecular formula is C12H16BrN4O6PS. The van der Waals surface area contributed by atoms with Crippen LogP contribution in [0.3, 0.4) is 0 Å². The summed E-state index contributed by atoms with van der Waals surface area (Å²) in [5.41, 5.74) is 5.70. The molecule has 138 valence electrons. The molecule has 1 aromatic carbocycles. The summed E-state index contributed by atoms with van der Waals surface area (Å²) in [5.74, 6) is -1.30. The predicted molar refractivity (Wildman–Crippen MR) is 92.8 cm³/mol. The van der Waals surface area contributed by atoms with E-state index in [1.165, 1.54) is 4.49 Å². The van der Waals surface area contributed by atoms with Gasteiger partial charge in [-0.2, -0.15) is 8.42 Å². The predicted octanol–water partition coefficient (Wildman–Crippen LogP) is 0.629. The third-order valence-electron chi connectivity index (χ3n) is 3.43. The molecule has 25 heavy (non-hydrogen) atoms. The van der Waals surface area contributed by atoms with Crippen LogP contribution in [0.25, 0.3) is 0 Å². The standard InChI is InChI=1S/C12H16BrN4O6PS/c13-9-5-3-8(4-6-9)11(18)15-10-2-1-7-17(12(10)19)24(14,20)16-25(21,22)23/h3-6,10H,1-2,7H2,(H,15,18)(H3,14,16,20)(H,21,22,23)/t10-,24?/m0/s1. The zero-order valence-corrected chi connectivity index (χ0v) is 16.1. The largest absolute Gasteiger partial charge is 0.341 e. The van der Waals surface area contributed by atoms with Gasteiger partial charge in [0.2, 0.25) is 0 Å². The Kier molecular flexibility index (Phi) is 6.02. The molecule has 2 amide bonds. The van der Waals surface area contributed by atoms with Crippen LogP contribution in [-0.2, 0) is 19.7 Å². The molecule has 10 nitrogen and oxygen atoms in total. The molecule has 5 N–H and O–H groups in total. The second-order valence-electron chi connectivity index (χ2n) is 5.33. The summed E-state index contributed by atoms with van der Waals surface area (Å²) < 4.78 is 45.5. The third-order valence-corrected chi connectivity index (χ3v) is 7.04. The third kappa shape index (κ3) is 5.33. The number of benzene rings is 1. The zero-order valence-electron chi connectivity index (χ0n) is 12.8. The van der Waals surface area contributed by atoms with Crippen molar-refractivity contribution in [2.24, 2.45) is 5.50 Å². The van der Waals surface area contributed by atoms with E-state index < -0.39 is 35.8 Å². The lowest BCUT2D eigenvalue weighted by Crippen LogP contribution is -2.53. The number of halogens is 1. The highest BCUT2D eigenvalue weighted by Gasteiger charge is 2.40. The van der Waals surface area contributed by atoms with Crippen molar-refractivity contribution < 1.29 is 27.1 Å². The van der Waals surface area contributed by atoms with Gasteiger partial charge in [-0.1, -0.05) is 15.9 Å². The fourth-order valence-corrected chi connectivity index (χ4v) is 5.20. The first-order chi connectivity index (χ1) is 11.5. The molecule has 1 fully saturated rings. The van der Waals surface area contributed by atoms with Crippen molar-refractivity contribution in [2.75, 3.05) is 6.54 Å². The maximum absolute atomic E-state index is 12.4. The van der Waals surface area contributed by atoms with Gasteiger partial charge in [0.05, 0.1) is 0 Å². The molecule has 1 aromatic rings. The van der Waals surface area contributed by atoms with Crippen LogP contribution < -0.4 is 15.3 Å². The Hall–Kier alpha value is -1.30. The number of nitrogens with one attached hydrogen (secondary N) is 2. The molecule has 2 atom stereocenters. The van der Waals surface area contributed by atoms with Crippen molar-refractivity contribution in [1.29, 1.82) is 0 Å². The Morgan fingerprint density at radius 1 is 1.36 bits per heavy atom. The van der Waals surface area contributed by atoms with Crippen molar-refractivity contribution in [3.05, 3.63) is 34.3 Å². The van der Waals surface area contributed by atoms with E-state index in [-0.39, 0.29) is 13.0 Å².